The Hall–Kier alpha value is -2.77. The second-order valence-electron chi connectivity index (χ2n) is 5.23. The number of rotatable bonds is 4. The fourth-order valence-electron chi connectivity index (χ4n) is 2.42. The third kappa shape index (κ3) is 3.58. The van der Waals surface area contributed by atoms with E-state index >= 15 is 0 Å². The summed E-state index contributed by atoms with van der Waals surface area (Å²) in [5, 5.41) is 9.46. The van der Waals surface area contributed by atoms with E-state index in [4.69, 9.17) is 4.74 Å². The van der Waals surface area contributed by atoms with Gasteiger partial charge < -0.3 is 9.30 Å². The van der Waals surface area contributed by atoms with Crippen molar-refractivity contribution >= 4 is 27.6 Å². The number of methoxy groups -OCH3 is 1. The molecule has 0 radical (unpaired) electrons. The number of nitriles is 1. The van der Waals surface area contributed by atoms with Crippen LogP contribution in [0.4, 0.5) is 0 Å². The van der Waals surface area contributed by atoms with Crippen LogP contribution in [0.15, 0.2) is 71.5 Å². The van der Waals surface area contributed by atoms with Crippen LogP contribution in [-0.2, 0) is 0 Å². The van der Waals surface area contributed by atoms with Gasteiger partial charge in [-0.3, -0.25) is 0 Å². The number of hydrogen-bond donors (Lipinski definition) is 0. The highest BCUT2D eigenvalue weighted by atomic mass is 79.9. The van der Waals surface area contributed by atoms with Crippen LogP contribution >= 0.6 is 15.9 Å². The predicted octanol–water partition coefficient (Wildman–Crippen LogP) is 5.31. The van der Waals surface area contributed by atoms with E-state index in [1.807, 2.05) is 77.6 Å². The number of aromatic nitrogens is 1. The van der Waals surface area contributed by atoms with Gasteiger partial charge in [-0.1, -0.05) is 28.1 Å². The monoisotopic (exact) mass is 378 g/mol. The second-order valence-corrected chi connectivity index (χ2v) is 6.15. The molecule has 118 valence electrons. The average Bonchev–Trinajstić information content (AvgIpc) is 3.08. The molecule has 0 aliphatic heterocycles. The molecule has 0 aliphatic rings. The minimum atomic E-state index is 0.629. The van der Waals surface area contributed by atoms with Gasteiger partial charge in [-0.25, -0.2) is 0 Å². The van der Waals surface area contributed by atoms with Crippen molar-refractivity contribution in [3.63, 3.8) is 0 Å². The summed E-state index contributed by atoms with van der Waals surface area (Å²) in [6.07, 6.45) is 5.86. The summed E-state index contributed by atoms with van der Waals surface area (Å²) in [5.41, 5.74) is 3.53. The van der Waals surface area contributed by atoms with Crippen molar-refractivity contribution in [2.45, 2.75) is 0 Å². The van der Waals surface area contributed by atoms with Crippen LogP contribution in [0.2, 0.25) is 0 Å². The Labute approximate surface area is 149 Å². The van der Waals surface area contributed by atoms with Gasteiger partial charge in [-0.05, 0) is 59.7 Å². The molecule has 0 unspecified atom stereocenters. The van der Waals surface area contributed by atoms with Crippen LogP contribution in [-0.4, -0.2) is 11.7 Å². The Balaban J connectivity index is 1.90. The van der Waals surface area contributed by atoms with Crippen molar-refractivity contribution in [1.29, 1.82) is 5.26 Å². The second kappa shape index (κ2) is 7.20. The third-order valence-corrected chi connectivity index (χ3v) is 4.15. The molecule has 0 amide bonds. The normalized spacial score (nSPS) is 11.1. The first-order chi connectivity index (χ1) is 11.7. The lowest BCUT2D eigenvalue weighted by molar-refractivity contribution is 0.415. The fourth-order valence-corrected chi connectivity index (χ4v) is 2.82. The van der Waals surface area contributed by atoms with Crippen molar-refractivity contribution in [3.05, 3.63) is 82.6 Å². The minimum Gasteiger partial charge on any atom is -0.497 e. The van der Waals surface area contributed by atoms with Gasteiger partial charge >= 0.3 is 0 Å². The van der Waals surface area contributed by atoms with Crippen molar-refractivity contribution in [2.24, 2.45) is 0 Å². The highest BCUT2D eigenvalue weighted by molar-refractivity contribution is 9.10. The zero-order chi connectivity index (χ0) is 16.9. The number of ether oxygens (including phenoxy) is 1. The maximum absolute atomic E-state index is 9.46. The summed E-state index contributed by atoms with van der Waals surface area (Å²) in [7, 11) is 1.65. The zero-order valence-corrected chi connectivity index (χ0v) is 14.7. The largest absolute Gasteiger partial charge is 0.497 e. The third-order valence-electron chi connectivity index (χ3n) is 3.65. The smallest absolute Gasteiger partial charge is 0.119 e. The lowest BCUT2D eigenvalue weighted by atomic mass is 10.1. The fraction of sp³-hybridized carbons (Fsp3) is 0.0500. The van der Waals surface area contributed by atoms with Crippen molar-refractivity contribution < 1.29 is 4.74 Å². The Morgan fingerprint density at radius 3 is 2.62 bits per heavy atom. The summed E-state index contributed by atoms with van der Waals surface area (Å²) < 4.78 is 8.15. The first-order valence-electron chi connectivity index (χ1n) is 7.40. The van der Waals surface area contributed by atoms with Crippen LogP contribution < -0.4 is 4.74 Å². The molecule has 0 saturated carbocycles. The summed E-state index contributed by atoms with van der Waals surface area (Å²) in [5.74, 6) is 0.826. The molecule has 2 aromatic carbocycles. The van der Waals surface area contributed by atoms with E-state index in [1.165, 1.54) is 0 Å². The molecular formula is C20H15BrN2O. The van der Waals surface area contributed by atoms with Gasteiger partial charge in [-0.15, -0.1) is 0 Å². The van der Waals surface area contributed by atoms with Gasteiger partial charge in [0.1, 0.15) is 5.75 Å². The van der Waals surface area contributed by atoms with Crippen LogP contribution in [0.3, 0.4) is 0 Å². The molecule has 0 atom stereocenters. The first-order valence-corrected chi connectivity index (χ1v) is 8.19. The lowest BCUT2D eigenvalue weighted by Gasteiger charge is -2.04. The predicted molar refractivity (Wildman–Crippen MR) is 99.9 cm³/mol. The standard InChI is InChI=1S/C20H15BrN2O/c1-24-20-7-5-19(6-8-20)23-10-9-15(14-23)11-17(13-22)16-3-2-4-18(21)12-16/h2-12,14H,1H3/b17-11+. The SMILES string of the molecule is COc1ccc(-n2ccc(/C=C(\C#N)c3cccc(Br)c3)c2)cc1. The van der Waals surface area contributed by atoms with Gasteiger partial charge in [0.15, 0.2) is 0 Å². The molecule has 1 aromatic heterocycles. The highest BCUT2D eigenvalue weighted by Gasteiger charge is 2.04. The summed E-state index contributed by atoms with van der Waals surface area (Å²) in [6.45, 7) is 0. The highest BCUT2D eigenvalue weighted by Crippen LogP contribution is 2.22. The topological polar surface area (TPSA) is 38.0 Å². The van der Waals surface area contributed by atoms with Gasteiger partial charge in [0.2, 0.25) is 0 Å². The van der Waals surface area contributed by atoms with Crippen LogP contribution in [0, 0.1) is 11.3 Å². The van der Waals surface area contributed by atoms with Gasteiger partial charge in [0.05, 0.1) is 18.8 Å². The van der Waals surface area contributed by atoms with E-state index < -0.39 is 0 Å². The van der Waals surface area contributed by atoms with Gasteiger partial charge in [0.25, 0.3) is 0 Å². The molecule has 0 spiro atoms. The molecule has 1 heterocycles. The Kier molecular flexibility index (Phi) is 4.83. The van der Waals surface area contributed by atoms with Gasteiger partial charge in [-0.2, -0.15) is 5.26 Å². The Morgan fingerprint density at radius 2 is 1.96 bits per heavy atom. The molecule has 0 bridgehead atoms. The van der Waals surface area contributed by atoms with Crippen molar-refractivity contribution in [3.8, 4) is 17.5 Å². The molecule has 0 saturated heterocycles. The summed E-state index contributed by atoms with van der Waals surface area (Å²) in [6, 6.07) is 19.8. The minimum absolute atomic E-state index is 0.629. The number of halogens is 1. The molecule has 3 aromatic rings. The van der Waals surface area contributed by atoms with Crippen molar-refractivity contribution in [1.82, 2.24) is 4.57 Å². The lowest BCUT2D eigenvalue weighted by Crippen LogP contribution is -1.90. The van der Waals surface area contributed by atoms with E-state index in [-0.39, 0.29) is 0 Å². The summed E-state index contributed by atoms with van der Waals surface area (Å²) >= 11 is 3.44. The number of benzene rings is 2. The number of hydrogen-bond acceptors (Lipinski definition) is 2. The zero-order valence-electron chi connectivity index (χ0n) is 13.1. The Bertz CT molecular complexity index is 917. The maximum atomic E-state index is 9.46. The summed E-state index contributed by atoms with van der Waals surface area (Å²) in [4.78, 5) is 0. The molecule has 24 heavy (non-hydrogen) atoms. The number of nitrogens with zero attached hydrogens (tertiary/aromatic N) is 2. The molecule has 3 nitrogen and oxygen atoms in total. The van der Waals surface area contributed by atoms with Crippen LogP contribution in [0.25, 0.3) is 17.3 Å². The molecule has 4 heteroatoms. The number of allylic oxidation sites excluding steroid dienone is 1. The van der Waals surface area contributed by atoms with Crippen LogP contribution in [0.1, 0.15) is 11.1 Å². The molecule has 0 aliphatic carbocycles. The first kappa shape index (κ1) is 16.1. The molecule has 0 N–H and O–H groups in total. The molecule has 0 fully saturated rings. The quantitative estimate of drug-likeness (QED) is 0.576. The van der Waals surface area contributed by atoms with E-state index in [2.05, 4.69) is 22.0 Å². The van der Waals surface area contributed by atoms with E-state index in [0.29, 0.717) is 5.57 Å². The maximum Gasteiger partial charge on any atom is 0.119 e. The van der Waals surface area contributed by atoms with E-state index in [0.717, 1.165) is 27.0 Å². The van der Waals surface area contributed by atoms with E-state index in [1.54, 1.807) is 7.11 Å². The molecular weight excluding hydrogens is 364 g/mol. The van der Waals surface area contributed by atoms with Gasteiger partial charge in [0, 0.05) is 22.6 Å². The molecule has 3 rings (SSSR count). The van der Waals surface area contributed by atoms with Crippen molar-refractivity contribution in [2.75, 3.05) is 7.11 Å². The Morgan fingerprint density at radius 1 is 1.17 bits per heavy atom. The van der Waals surface area contributed by atoms with E-state index in [9.17, 15) is 5.26 Å². The average molecular weight is 379 g/mol. The van der Waals surface area contributed by atoms with Crippen LogP contribution in [0.5, 0.6) is 5.75 Å².